The van der Waals surface area contributed by atoms with Crippen LogP contribution in [-0.4, -0.2) is 26.2 Å². The molecule has 1 atom stereocenters. The van der Waals surface area contributed by atoms with Crippen LogP contribution in [-0.2, 0) is 4.79 Å². The third-order valence-electron chi connectivity index (χ3n) is 3.21. The number of carbonyl (C=O) groups excluding carboxylic acids is 1. The largest absolute Gasteiger partial charge is 0.495 e. The second-order valence-electron chi connectivity index (χ2n) is 4.89. The van der Waals surface area contributed by atoms with Gasteiger partial charge in [0.1, 0.15) is 23.1 Å². The topological polar surface area (TPSA) is 56.8 Å². The van der Waals surface area contributed by atoms with Crippen LogP contribution in [0.5, 0.6) is 17.2 Å². The lowest BCUT2D eigenvalue weighted by molar-refractivity contribution is -0.122. The molecule has 0 aliphatic heterocycles. The molecular weight excluding hydrogens is 337 g/mol. The molecule has 1 amide bonds. The first-order valence-electron chi connectivity index (χ1n) is 7.09. The number of hydrogen-bond acceptors (Lipinski definition) is 4. The Bertz CT molecular complexity index is 739. The Kier molecular flexibility index (Phi) is 5.87. The molecule has 0 spiro atoms. The number of carbonyl (C=O) groups is 1. The zero-order valence-electron chi connectivity index (χ0n) is 13.4. The van der Waals surface area contributed by atoms with Gasteiger partial charge in [-0.25, -0.2) is 4.39 Å². The van der Waals surface area contributed by atoms with Crippen molar-refractivity contribution in [2.45, 2.75) is 13.0 Å². The average Bonchev–Trinajstić information content (AvgIpc) is 2.55. The quantitative estimate of drug-likeness (QED) is 0.855. The van der Waals surface area contributed by atoms with Gasteiger partial charge < -0.3 is 19.5 Å². The zero-order valence-corrected chi connectivity index (χ0v) is 14.2. The second-order valence-corrected chi connectivity index (χ2v) is 5.30. The van der Waals surface area contributed by atoms with E-state index < -0.39 is 17.8 Å². The third-order valence-corrected chi connectivity index (χ3v) is 3.51. The molecule has 2 rings (SSSR count). The van der Waals surface area contributed by atoms with Crippen LogP contribution in [0.15, 0.2) is 36.4 Å². The Labute approximate surface area is 144 Å². The molecule has 1 unspecified atom stereocenters. The Morgan fingerprint density at radius 3 is 2.50 bits per heavy atom. The summed E-state index contributed by atoms with van der Waals surface area (Å²) in [6.45, 7) is 1.56. The summed E-state index contributed by atoms with van der Waals surface area (Å²) in [6, 6.07) is 8.65. The van der Waals surface area contributed by atoms with Crippen molar-refractivity contribution in [1.82, 2.24) is 0 Å². The fraction of sp³-hybridized carbons (Fsp3) is 0.235. The number of nitrogens with one attached hydrogen (secondary N) is 1. The molecule has 128 valence electrons. The van der Waals surface area contributed by atoms with Crippen LogP contribution >= 0.6 is 11.6 Å². The van der Waals surface area contributed by atoms with Gasteiger partial charge in [0.2, 0.25) is 0 Å². The first-order chi connectivity index (χ1) is 11.4. The minimum atomic E-state index is -0.849. The van der Waals surface area contributed by atoms with E-state index >= 15 is 0 Å². The first-order valence-corrected chi connectivity index (χ1v) is 7.47. The lowest BCUT2D eigenvalue weighted by atomic mass is 10.2. The number of benzene rings is 2. The molecule has 0 fully saturated rings. The minimum Gasteiger partial charge on any atom is -0.495 e. The van der Waals surface area contributed by atoms with Crippen LogP contribution in [0, 0.1) is 5.82 Å². The first kappa shape index (κ1) is 17.9. The summed E-state index contributed by atoms with van der Waals surface area (Å²) in [4.78, 5) is 12.3. The summed E-state index contributed by atoms with van der Waals surface area (Å²) in [7, 11) is 2.93. The van der Waals surface area contributed by atoms with E-state index in [0.29, 0.717) is 22.2 Å². The van der Waals surface area contributed by atoms with Crippen LogP contribution in [0.1, 0.15) is 6.92 Å². The van der Waals surface area contributed by atoms with E-state index in [1.54, 1.807) is 19.1 Å². The van der Waals surface area contributed by atoms with E-state index in [-0.39, 0.29) is 5.75 Å². The Morgan fingerprint density at radius 1 is 1.17 bits per heavy atom. The molecule has 0 radical (unpaired) electrons. The number of ether oxygens (including phenoxy) is 3. The smallest absolute Gasteiger partial charge is 0.265 e. The predicted octanol–water partition coefficient (Wildman–Crippen LogP) is 3.90. The Morgan fingerprint density at radius 2 is 1.88 bits per heavy atom. The number of anilines is 1. The van der Waals surface area contributed by atoms with Crippen molar-refractivity contribution in [2.24, 2.45) is 0 Å². The average molecular weight is 354 g/mol. The van der Waals surface area contributed by atoms with Gasteiger partial charge in [-0.1, -0.05) is 17.7 Å². The summed E-state index contributed by atoms with van der Waals surface area (Å²) in [5.41, 5.74) is 0.387. The minimum absolute atomic E-state index is 0.262. The van der Waals surface area contributed by atoms with Crippen molar-refractivity contribution >= 4 is 23.2 Å². The Hall–Kier alpha value is -2.47. The number of amides is 1. The highest BCUT2D eigenvalue weighted by atomic mass is 35.5. The van der Waals surface area contributed by atoms with Gasteiger partial charge >= 0.3 is 0 Å². The number of methoxy groups -OCH3 is 2. The maximum absolute atomic E-state index is 13.2. The summed E-state index contributed by atoms with van der Waals surface area (Å²) in [5.74, 6) is 0.169. The van der Waals surface area contributed by atoms with E-state index in [9.17, 15) is 9.18 Å². The highest BCUT2D eigenvalue weighted by Crippen LogP contribution is 2.36. The molecule has 1 N–H and O–H groups in total. The molecule has 0 aliphatic carbocycles. The molecule has 0 saturated carbocycles. The molecule has 24 heavy (non-hydrogen) atoms. The normalized spacial score (nSPS) is 11.5. The number of halogens is 2. The van der Waals surface area contributed by atoms with Crippen molar-refractivity contribution in [3.05, 3.63) is 47.2 Å². The van der Waals surface area contributed by atoms with Gasteiger partial charge in [0, 0.05) is 18.2 Å². The molecule has 2 aromatic rings. The van der Waals surface area contributed by atoms with Crippen molar-refractivity contribution < 1.29 is 23.4 Å². The molecule has 0 heterocycles. The molecule has 5 nitrogen and oxygen atoms in total. The van der Waals surface area contributed by atoms with Gasteiger partial charge in [0.25, 0.3) is 5.91 Å². The second kappa shape index (κ2) is 7.88. The van der Waals surface area contributed by atoms with Crippen LogP contribution in [0.4, 0.5) is 10.1 Å². The summed E-state index contributed by atoms with van der Waals surface area (Å²) < 4.78 is 28.9. The van der Waals surface area contributed by atoms with Gasteiger partial charge in [-0.2, -0.15) is 0 Å². The van der Waals surface area contributed by atoms with E-state index in [0.717, 1.165) is 0 Å². The van der Waals surface area contributed by atoms with Crippen LogP contribution in [0.25, 0.3) is 0 Å². The zero-order chi connectivity index (χ0) is 17.7. The summed E-state index contributed by atoms with van der Waals surface area (Å²) >= 11 is 6.02. The van der Waals surface area contributed by atoms with Gasteiger partial charge in [-0.15, -0.1) is 0 Å². The van der Waals surface area contributed by atoms with Crippen LogP contribution in [0.2, 0.25) is 5.02 Å². The van der Waals surface area contributed by atoms with E-state index in [1.807, 2.05) is 0 Å². The van der Waals surface area contributed by atoms with Gasteiger partial charge in [-0.3, -0.25) is 4.79 Å². The maximum atomic E-state index is 13.2. The number of hydrogen-bond donors (Lipinski definition) is 1. The fourth-order valence-corrected chi connectivity index (χ4v) is 2.22. The molecular formula is C17H17ClFNO4. The molecule has 2 aromatic carbocycles. The monoisotopic (exact) mass is 353 g/mol. The van der Waals surface area contributed by atoms with E-state index in [1.165, 1.54) is 38.5 Å². The highest BCUT2D eigenvalue weighted by molar-refractivity contribution is 6.32. The fourth-order valence-electron chi connectivity index (χ4n) is 1.99. The van der Waals surface area contributed by atoms with Gasteiger partial charge in [0.05, 0.1) is 24.9 Å². The van der Waals surface area contributed by atoms with Crippen molar-refractivity contribution in [3.63, 3.8) is 0 Å². The third kappa shape index (κ3) is 4.29. The lowest BCUT2D eigenvalue weighted by Crippen LogP contribution is -2.30. The maximum Gasteiger partial charge on any atom is 0.265 e. The van der Waals surface area contributed by atoms with Crippen LogP contribution in [0.3, 0.4) is 0 Å². The summed E-state index contributed by atoms with van der Waals surface area (Å²) in [6.07, 6.45) is -0.849. The number of rotatable bonds is 6. The lowest BCUT2D eigenvalue weighted by Gasteiger charge is -2.17. The van der Waals surface area contributed by atoms with Crippen molar-refractivity contribution in [2.75, 3.05) is 19.5 Å². The van der Waals surface area contributed by atoms with Crippen molar-refractivity contribution in [3.8, 4) is 17.2 Å². The van der Waals surface area contributed by atoms with Crippen molar-refractivity contribution in [1.29, 1.82) is 0 Å². The van der Waals surface area contributed by atoms with Crippen LogP contribution < -0.4 is 19.5 Å². The molecule has 7 heteroatoms. The SMILES string of the molecule is COc1cc(NC(=O)C(C)Oc2cccc(F)c2)c(OC)cc1Cl. The van der Waals surface area contributed by atoms with E-state index in [2.05, 4.69) is 5.32 Å². The molecule has 0 aromatic heterocycles. The van der Waals surface area contributed by atoms with Gasteiger partial charge in [-0.05, 0) is 19.1 Å². The molecule has 0 bridgehead atoms. The summed E-state index contributed by atoms with van der Waals surface area (Å²) in [5, 5.41) is 3.03. The highest BCUT2D eigenvalue weighted by Gasteiger charge is 2.18. The Balaban J connectivity index is 2.13. The standard InChI is InChI=1S/C17H17ClFNO4/c1-10(24-12-6-4-5-11(19)7-12)17(21)20-14-9-15(22-2)13(18)8-16(14)23-3/h4-10H,1-3H3,(H,20,21). The van der Waals surface area contributed by atoms with E-state index in [4.69, 9.17) is 25.8 Å². The molecule has 0 aliphatic rings. The molecule has 0 saturated heterocycles. The predicted molar refractivity (Wildman–Crippen MR) is 89.7 cm³/mol. The van der Waals surface area contributed by atoms with Gasteiger partial charge in [0.15, 0.2) is 6.10 Å².